The maximum Gasteiger partial charge on any atom is 0.188 e. The van der Waals surface area contributed by atoms with Crippen LogP contribution in [-0.4, -0.2) is 18.6 Å². The number of halogens is 1. The summed E-state index contributed by atoms with van der Waals surface area (Å²) in [4.78, 5) is 0. The highest BCUT2D eigenvalue weighted by atomic mass is 32.2. The predicted octanol–water partition coefficient (Wildman–Crippen LogP) is 3.84. The normalized spacial score (nSPS) is 11.6. The van der Waals surface area contributed by atoms with Crippen molar-refractivity contribution in [1.29, 1.82) is 0 Å². The van der Waals surface area contributed by atoms with Crippen molar-refractivity contribution in [3.05, 3.63) is 29.6 Å². The van der Waals surface area contributed by atoms with Crippen molar-refractivity contribution >= 4 is 11.8 Å². The van der Waals surface area contributed by atoms with Gasteiger partial charge in [0, 0.05) is 17.6 Å². The van der Waals surface area contributed by atoms with Crippen molar-refractivity contribution < 1.29 is 13.9 Å². The van der Waals surface area contributed by atoms with Gasteiger partial charge < -0.3 is 9.47 Å². The molecule has 1 aromatic carbocycles. The van der Waals surface area contributed by atoms with Gasteiger partial charge in [-0.15, -0.1) is 0 Å². The molecule has 1 rings (SSSR count). The Kier molecular flexibility index (Phi) is 5.28. The van der Waals surface area contributed by atoms with Gasteiger partial charge in [0.25, 0.3) is 0 Å². The number of thioether (sulfide) groups is 1. The Bertz CT molecular complexity index is 361. The van der Waals surface area contributed by atoms with E-state index < -0.39 is 0 Å². The average molecular weight is 258 g/mol. The molecule has 1 aromatic rings. The summed E-state index contributed by atoms with van der Waals surface area (Å²) in [6.45, 7) is 6.53. The average Bonchev–Trinajstić information content (AvgIpc) is 2.25. The van der Waals surface area contributed by atoms with Gasteiger partial charge in [-0.2, -0.15) is 11.8 Å². The lowest BCUT2D eigenvalue weighted by molar-refractivity contribution is 0.0482. The zero-order valence-corrected chi connectivity index (χ0v) is 11.6. The Morgan fingerprint density at radius 2 is 2.00 bits per heavy atom. The number of hydrogen-bond acceptors (Lipinski definition) is 3. The molecule has 0 radical (unpaired) electrons. The van der Waals surface area contributed by atoms with Crippen LogP contribution in [-0.2, 0) is 10.5 Å². The number of ether oxygens (including phenoxy) is 2. The molecular weight excluding hydrogens is 239 g/mol. The molecule has 0 saturated heterocycles. The molecule has 0 heterocycles. The summed E-state index contributed by atoms with van der Waals surface area (Å²) >= 11 is 1.82. The number of hydrogen-bond donors (Lipinski definition) is 0. The van der Waals surface area contributed by atoms with Gasteiger partial charge in [-0.05, 0) is 17.7 Å². The van der Waals surface area contributed by atoms with Crippen molar-refractivity contribution in [2.24, 2.45) is 0 Å². The van der Waals surface area contributed by atoms with E-state index in [0.29, 0.717) is 0 Å². The van der Waals surface area contributed by atoms with Crippen LogP contribution in [0.5, 0.6) is 5.75 Å². The van der Waals surface area contributed by atoms with Gasteiger partial charge in [-0.1, -0.05) is 26.8 Å². The topological polar surface area (TPSA) is 18.5 Å². The molecule has 0 aliphatic rings. The lowest BCUT2D eigenvalue weighted by Gasteiger charge is -2.17. The van der Waals surface area contributed by atoms with Crippen LogP contribution in [0, 0.1) is 5.82 Å². The van der Waals surface area contributed by atoms with Crippen LogP contribution in [0.1, 0.15) is 26.3 Å². The summed E-state index contributed by atoms with van der Waals surface area (Å²) in [6, 6.07) is 4.95. The van der Waals surface area contributed by atoms with Crippen molar-refractivity contribution in [2.45, 2.75) is 31.3 Å². The van der Waals surface area contributed by atoms with Crippen LogP contribution >= 0.6 is 11.8 Å². The summed E-state index contributed by atoms with van der Waals surface area (Å²) in [5.74, 6) is 0.734. The van der Waals surface area contributed by atoms with Gasteiger partial charge in [0.15, 0.2) is 18.4 Å². The first-order chi connectivity index (χ1) is 7.92. The van der Waals surface area contributed by atoms with Gasteiger partial charge in [0.05, 0.1) is 0 Å². The van der Waals surface area contributed by atoms with Crippen molar-refractivity contribution in [3.63, 3.8) is 0 Å². The molecule has 0 aliphatic heterocycles. The Morgan fingerprint density at radius 3 is 2.59 bits per heavy atom. The fraction of sp³-hybridized carbons (Fsp3) is 0.538. The van der Waals surface area contributed by atoms with Gasteiger partial charge in [-0.3, -0.25) is 0 Å². The Morgan fingerprint density at radius 1 is 1.29 bits per heavy atom. The highest BCUT2D eigenvalue weighted by Gasteiger charge is 2.12. The van der Waals surface area contributed by atoms with Gasteiger partial charge >= 0.3 is 0 Å². The summed E-state index contributed by atoms with van der Waals surface area (Å²) in [6.07, 6.45) is 0. The van der Waals surface area contributed by atoms with E-state index in [2.05, 4.69) is 20.8 Å². The molecule has 2 nitrogen and oxygen atoms in total. The third-order valence-electron chi connectivity index (χ3n) is 2.00. The summed E-state index contributed by atoms with van der Waals surface area (Å²) in [7, 11) is 1.51. The smallest absolute Gasteiger partial charge is 0.188 e. The highest BCUT2D eigenvalue weighted by molar-refractivity contribution is 7.99. The molecule has 0 N–H and O–H groups in total. The zero-order valence-electron chi connectivity index (χ0n) is 10.7. The van der Waals surface area contributed by atoms with Crippen LogP contribution in [0.3, 0.4) is 0 Å². The molecule has 0 spiro atoms. The minimum atomic E-state index is -0.355. The Balaban J connectivity index is 2.67. The van der Waals surface area contributed by atoms with Crippen LogP contribution in [0.25, 0.3) is 0 Å². The summed E-state index contributed by atoms with van der Waals surface area (Å²) in [5, 5.41) is 0. The standard InChI is InChI=1S/C13H19FO2S/c1-13(2,3)17-8-10-5-6-11(14)12(7-10)16-9-15-4/h5-7H,8-9H2,1-4H3. The van der Waals surface area contributed by atoms with E-state index >= 15 is 0 Å². The van der Waals surface area contributed by atoms with E-state index in [1.807, 2.05) is 11.8 Å². The first kappa shape index (κ1) is 14.3. The van der Waals surface area contributed by atoms with Crippen molar-refractivity contribution in [1.82, 2.24) is 0 Å². The van der Waals surface area contributed by atoms with E-state index in [1.54, 1.807) is 12.1 Å². The van der Waals surface area contributed by atoms with Crippen LogP contribution in [0.4, 0.5) is 4.39 Å². The summed E-state index contributed by atoms with van der Waals surface area (Å²) < 4.78 is 23.5. The maximum absolute atomic E-state index is 13.4. The molecule has 0 atom stereocenters. The lowest BCUT2D eigenvalue weighted by atomic mass is 10.2. The van der Waals surface area contributed by atoms with E-state index in [0.717, 1.165) is 11.3 Å². The molecule has 96 valence electrons. The number of benzene rings is 1. The molecule has 0 unspecified atom stereocenters. The third-order valence-corrected chi connectivity index (χ3v) is 3.34. The molecular formula is C13H19FO2S. The Labute approximate surface area is 107 Å². The van der Waals surface area contributed by atoms with Gasteiger partial charge in [-0.25, -0.2) is 4.39 Å². The molecule has 4 heteroatoms. The second-order valence-corrected chi connectivity index (χ2v) is 6.52. The van der Waals surface area contributed by atoms with Crippen LogP contribution < -0.4 is 4.74 Å². The van der Waals surface area contributed by atoms with E-state index in [4.69, 9.17) is 9.47 Å². The fourth-order valence-electron chi connectivity index (χ4n) is 1.17. The molecule has 0 saturated carbocycles. The first-order valence-corrected chi connectivity index (χ1v) is 6.45. The second-order valence-electron chi connectivity index (χ2n) is 4.72. The Hall–Kier alpha value is -0.740. The second kappa shape index (κ2) is 6.26. The van der Waals surface area contributed by atoms with Gasteiger partial charge in [0.1, 0.15) is 0 Å². The number of rotatable bonds is 5. The quantitative estimate of drug-likeness (QED) is 0.748. The minimum Gasteiger partial charge on any atom is -0.464 e. The molecule has 17 heavy (non-hydrogen) atoms. The molecule has 0 bridgehead atoms. The molecule has 0 aliphatic carbocycles. The molecule has 0 aromatic heterocycles. The van der Waals surface area contributed by atoms with Crippen molar-refractivity contribution in [3.8, 4) is 5.75 Å². The van der Waals surface area contributed by atoms with Crippen molar-refractivity contribution in [2.75, 3.05) is 13.9 Å². The zero-order chi connectivity index (χ0) is 12.9. The van der Waals surface area contributed by atoms with E-state index in [9.17, 15) is 4.39 Å². The van der Waals surface area contributed by atoms with E-state index in [-0.39, 0.29) is 23.1 Å². The third kappa shape index (κ3) is 5.41. The summed E-state index contributed by atoms with van der Waals surface area (Å²) in [5.41, 5.74) is 1.05. The predicted molar refractivity (Wildman–Crippen MR) is 70.0 cm³/mol. The maximum atomic E-state index is 13.4. The largest absolute Gasteiger partial charge is 0.464 e. The highest BCUT2D eigenvalue weighted by Crippen LogP contribution is 2.29. The SMILES string of the molecule is COCOc1cc(CSC(C)(C)C)ccc1F. The van der Waals surface area contributed by atoms with Crippen LogP contribution in [0.2, 0.25) is 0 Å². The van der Waals surface area contributed by atoms with Gasteiger partial charge in [0.2, 0.25) is 0 Å². The number of methoxy groups -OCH3 is 1. The minimum absolute atomic E-state index is 0.0623. The lowest BCUT2D eigenvalue weighted by Crippen LogP contribution is -2.07. The van der Waals surface area contributed by atoms with Crippen LogP contribution in [0.15, 0.2) is 18.2 Å². The fourth-order valence-corrected chi connectivity index (χ4v) is 1.95. The monoisotopic (exact) mass is 258 g/mol. The molecule has 0 fully saturated rings. The van der Waals surface area contributed by atoms with E-state index in [1.165, 1.54) is 13.2 Å². The molecule has 0 amide bonds. The first-order valence-electron chi connectivity index (χ1n) is 5.46.